The van der Waals surface area contributed by atoms with Crippen molar-refractivity contribution in [2.75, 3.05) is 7.11 Å². The Balaban J connectivity index is 0.000000720. The number of benzene rings is 1. The fraction of sp³-hybridized carbons (Fsp3) is 0.125. The van der Waals surface area contributed by atoms with Crippen molar-refractivity contribution in [2.45, 2.75) is 0 Å². The number of hydrogen-bond acceptors (Lipinski definition) is 3. The second-order valence-corrected chi connectivity index (χ2v) is 2.15. The van der Waals surface area contributed by atoms with Gasteiger partial charge in [0.25, 0.3) is 0 Å². The number of nitrogens with zero attached hydrogens (tertiary/aromatic N) is 1. The number of oxazole rings is 1. The third-order valence-electron chi connectivity index (χ3n) is 1.45. The van der Waals surface area contributed by atoms with Gasteiger partial charge in [-0.15, -0.1) is 0 Å². The standard InChI is InChI=1S/C8H7NO2.Na/c1-10-8-9-6-4-2-3-5-7(6)11-8;/h2-5H,1H3;/q;+1. The van der Waals surface area contributed by atoms with Crippen LogP contribution in [0.4, 0.5) is 0 Å². The van der Waals surface area contributed by atoms with Gasteiger partial charge in [0.1, 0.15) is 5.52 Å². The average Bonchev–Trinajstić information content (AvgIpc) is 2.46. The zero-order valence-corrected chi connectivity index (χ0v) is 9.07. The van der Waals surface area contributed by atoms with Crippen LogP contribution in [0.2, 0.25) is 0 Å². The molecule has 3 nitrogen and oxygen atoms in total. The van der Waals surface area contributed by atoms with E-state index < -0.39 is 0 Å². The Morgan fingerprint density at radius 3 is 2.75 bits per heavy atom. The van der Waals surface area contributed by atoms with Gasteiger partial charge in [0, 0.05) is 0 Å². The largest absolute Gasteiger partial charge is 1.00 e. The molecule has 4 heteroatoms. The Morgan fingerprint density at radius 2 is 2.08 bits per heavy atom. The second-order valence-electron chi connectivity index (χ2n) is 2.15. The van der Waals surface area contributed by atoms with E-state index in [-0.39, 0.29) is 29.6 Å². The molecule has 1 heterocycles. The molecule has 0 spiro atoms. The average molecular weight is 172 g/mol. The van der Waals surface area contributed by atoms with Gasteiger partial charge in [-0.1, -0.05) is 12.1 Å². The summed E-state index contributed by atoms with van der Waals surface area (Å²) >= 11 is 0. The van der Waals surface area contributed by atoms with Gasteiger partial charge in [0.15, 0.2) is 5.58 Å². The van der Waals surface area contributed by atoms with Crippen molar-refractivity contribution in [3.05, 3.63) is 24.3 Å². The Bertz CT molecular complexity index is 339. The first-order chi connectivity index (χ1) is 5.40. The molecule has 0 aliphatic carbocycles. The molecule has 0 atom stereocenters. The molecule has 0 N–H and O–H groups in total. The zero-order valence-electron chi connectivity index (χ0n) is 7.07. The molecule has 0 fully saturated rings. The molecule has 0 saturated carbocycles. The minimum absolute atomic E-state index is 0. The van der Waals surface area contributed by atoms with Crippen LogP contribution < -0.4 is 34.3 Å². The first-order valence-electron chi connectivity index (χ1n) is 3.30. The fourth-order valence-electron chi connectivity index (χ4n) is 0.938. The van der Waals surface area contributed by atoms with Crippen LogP contribution in [0.5, 0.6) is 6.08 Å². The predicted molar refractivity (Wildman–Crippen MR) is 40.6 cm³/mol. The van der Waals surface area contributed by atoms with Gasteiger partial charge in [-0.25, -0.2) is 0 Å². The molecule has 2 rings (SSSR count). The van der Waals surface area contributed by atoms with Gasteiger partial charge in [0.2, 0.25) is 0 Å². The molecule has 1 aromatic carbocycles. The maximum Gasteiger partial charge on any atom is 1.00 e. The first kappa shape index (κ1) is 9.58. The van der Waals surface area contributed by atoms with Gasteiger partial charge in [-0.05, 0) is 12.1 Å². The van der Waals surface area contributed by atoms with E-state index in [9.17, 15) is 0 Å². The van der Waals surface area contributed by atoms with Crippen LogP contribution >= 0.6 is 0 Å². The SMILES string of the molecule is COc1nc2ccccc2o1.[Na+]. The van der Waals surface area contributed by atoms with Crippen molar-refractivity contribution in [1.82, 2.24) is 4.98 Å². The molecule has 0 bridgehead atoms. The summed E-state index contributed by atoms with van der Waals surface area (Å²) in [6.45, 7) is 0. The quantitative estimate of drug-likeness (QED) is 0.509. The summed E-state index contributed by atoms with van der Waals surface area (Å²) < 4.78 is 10.0. The van der Waals surface area contributed by atoms with Crippen molar-refractivity contribution in [3.63, 3.8) is 0 Å². The first-order valence-corrected chi connectivity index (χ1v) is 3.30. The predicted octanol–water partition coefficient (Wildman–Crippen LogP) is -1.16. The minimum atomic E-state index is 0. The summed E-state index contributed by atoms with van der Waals surface area (Å²) in [6.07, 6.45) is 0.311. The van der Waals surface area contributed by atoms with Gasteiger partial charge in [-0.3, -0.25) is 0 Å². The van der Waals surface area contributed by atoms with E-state index in [0.717, 1.165) is 11.1 Å². The van der Waals surface area contributed by atoms with Crippen molar-refractivity contribution < 1.29 is 38.7 Å². The number of para-hydroxylation sites is 2. The molecule has 0 unspecified atom stereocenters. The van der Waals surface area contributed by atoms with Crippen molar-refractivity contribution in [3.8, 4) is 6.08 Å². The van der Waals surface area contributed by atoms with Gasteiger partial charge >= 0.3 is 35.6 Å². The van der Waals surface area contributed by atoms with Gasteiger partial charge in [0.05, 0.1) is 7.11 Å². The number of rotatable bonds is 1. The number of aromatic nitrogens is 1. The van der Waals surface area contributed by atoms with E-state index in [1.54, 1.807) is 0 Å². The third kappa shape index (κ3) is 1.63. The van der Waals surface area contributed by atoms with Crippen LogP contribution in [-0.2, 0) is 0 Å². The molecule has 56 valence electrons. The molecule has 0 aliphatic heterocycles. The van der Waals surface area contributed by atoms with Gasteiger partial charge < -0.3 is 9.15 Å². The summed E-state index contributed by atoms with van der Waals surface area (Å²) in [6, 6.07) is 7.53. The molecule has 2 aromatic rings. The van der Waals surface area contributed by atoms with Crippen LogP contribution in [0.1, 0.15) is 0 Å². The molecule has 0 amide bonds. The van der Waals surface area contributed by atoms with E-state index in [2.05, 4.69) is 4.98 Å². The summed E-state index contributed by atoms with van der Waals surface area (Å²) in [5, 5.41) is 0. The van der Waals surface area contributed by atoms with Crippen LogP contribution in [0.25, 0.3) is 11.1 Å². The topological polar surface area (TPSA) is 35.3 Å². The summed E-state index contributed by atoms with van der Waals surface area (Å²) in [5.74, 6) is 0. The normalized spacial score (nSPS) is 9.42. The Hall–Kier alpha value is -0.510. The summed E-state index contributed by atoms with van der Waals surface area (Å²) in [5.41, 5.74) is 1.58. The van der Waals surface area contributed by atoms with Crippen molar-refractivity contribution in [2.24, 2.45) is 0 Å². The van der Waals surface area contributed by atoms with Crippen molar-refractivity contribution in [1.29, 1.82) is 0 Å². The number of methoxy groups -OCH3 is 1. The van der Waals surface area contributed by atoms with Crippen LogP contribution in [0.3, 0.4) is 0 Å². The van der Waals surface area contributed by atoms with Crippen LogP contribution in [0.15, 0.2) is 28.7 Å². The summed E-state index contributed by atoms with van der Waals surface area (Å²) in [4.78, 5) is 4.04. The van der Waals surface area contributed by atoms with E-state index in [0.29, 0.717) is 6.08 Å². The van der Waals surface area contributed by atoms with E-state index >= 15 is 0 Å². The number of fused-ring (bicyclic) bond motifs is 1. The molecular weight excluding hydrogens is 165 g/mol. The van der Waals surface area contributed by atoms with E-state index in [1.165, 1.54) is 7.11 Å². The Labute approximate surface area is 92.0 Å². The second kappa shape index (κ2) is 3.94. The minimum Gasteiger partial charge on any atom is -0.453 e. The molecule has 0 aliphatic rings. The third-order valence-corrected chi connectivity index (χ3v) is 1.45. The number of ether oxygens (including phenoxy) is 1. The van der Waals surface area contributed by atoms with Crippen LogP contribution in [-0.4, -0.2) is 12.1 Å². The van der Waals surface area contributed by atoms with Crippen LogP contribution in [0, 0.1) is 0 Å². The summed E-state index contributed by atoms with van der Waals surface area (Å²) in [7, 11) is 1.53. The van der Waals surface area contributed by atoms with E-state index in [4.69, 9.17) is 9.15 Å². The zero-order chi connectivity index (χ0) is 7.68. The monoisotopic (exact) mass is 172 g/mol. The molecule has 1 aromatic heterocycles. The van der Waals surface area contributed by atoms with Crippen molar-refractivity contribution >= 4 is 11.1 Å². The molecule has 0 saturated heterocycles. The molecular formula is C8H7NNaO2+. The Kier molecular flexibility index (Phi) is 3.14. The maximum atomic E-state index is 5.18. The van der Waals surface area contributed by atoms with Gasteiger partial charge in [-0.2, -0.15) is 4.98 Å². The smallest absolute Gasteiger partial charge is 0.453 e. The molecule has 12 heavy (non-hydrogen) atoms. The number of hydrogen-bond donors (Lipinski definition) is 0. The maximum absolute atomic E-state index is 5.18. The Morgan fingerprint density at radius 1 is 1.33 bits per heavy atom. The fourth-order valence-corrected chi connectivity index (χ4v) is 0.938. The van der Waals surface area contributed by atoms with E-state index in [1.807, 2.05) is 24.3 Å². The molecule has 0 radical (unpaired) electrons.